The van der Waals surface area contributed by atoms with Crippen LogP contribution in [0.15, 0.2) is 53.9 Å². The van der Waals surface area contributed by atoms with E-state index in [4.69, 9.17) is 30.4 Å². The zero-order valence-electron chi connectivity index (χ0n) is 17.9. The number of nitrogens with one attached hydrogen (secondary N) is 1. The van der Waals surface area contributed by atoms with Crippen molar-refractivity contribution in [1.29, 1.82) is 5.26 Å². The van der Waals surface area contributed by atoms with Crippen molar-refractivity contribution in [2.24, 2.45) is 11.5 Å². The van der Waals surface area contributed by atoms with Gasteiger partial charge in [0.15, 0.2) is 18.1 Å². The number of aromatic nitrogens is 2. The van der Waals surface area contributed by atoms with E-state index in [1.807, 2.05) is 24.3 Å². The van der Waals surface area contributed by atoms with Gasteiger partial charge in [0.1, 0.15) is 17.4 Å². The number of methoxy groups -OCH3 is 2. The topological polar surface area (TPSA) is 158 Å². The van der Waals surface area contributed by atoms with Crippen LogP contribution in [0.25, 0.3) is 11.3 Å². The van der Waals surface area contributed by atoms with Gasteiger partial charge in [0.25, 0.3) is 5.91 Å². The second-order valence-corrected chi connectivity index (χ2v) is 7.14. The maximum absolute atomic E-state index is 11.1. The summed E-state index contributed by atoms with van der Waals surface area (Å²) in [6, 6.07) is 14.7. The molecule has 1 aliphatic rings. The lowest BCUT2D eigenvalue weighted by Crippen LogP contribution is -2.21. The Balaban J connectivity index is 1.86. The number of nitriles is 1. The summed E-state index contributed by atoms with van der Waals surface area (Å²) >= 11 is 0. The van der Waals surface area contributed by atoms with Gasteiger partial charge in [-0.05, 0) is 29.8 Å². The van der Waals surface area contributed by atoms with E-state index < -0.39 is 11.8 Å². The summed E-state index contributed by atoms with van der Waals surface area (Å²) < 4.78 is 21.8. The normalized spacial score (nSPS) is 14.6. The Kier molecular flexibility index (Phi) is 5.78. The Morgan fingerprint density at radius 2 is 2.03 bits per heavy atom. The molecule has 0 saturated heterocycles. The minimum absolute atomic E-state index is 0.0354. The Labute approximate surface area is 189 Å². The van der Waals surface area contributed by atoms with Crippen LogP contribution in [0, 0.1) is 11.3 Å². The van der Waals surface area contributed by atoms with E-state index in [1.54, 1.807) is 25.3 Å². The maximum Gasteiger partial charge on any atom is 0.255 e. The fourth-order valence-corrected chi connectivity index (χ4v) is 3.71. The molecule has 3 aromatic rings. The van der Waals surface area contributed by atoms with Crippen LogP contribution in [0.3, 0.4) is 0 Å². The standard InChI is InChI=1S/C23H21N5O5/c1-30-14-5-3-4-13(8-14)21-20-19(15(10-24)22(26)33-23(20)28-27-21)12-6-7-16(17(9-12)31-2)32-11-18(25)29/h3-9,19H,11,26H2,1-2H3,(H2,25,29)(H,27,28)/t19-/m0/s1. The van der Waals surface area contributed by atoms with E-state index in [2.05, 4.69) is 16.3 Å². The second kappa shape index (κ2) is 8.84. The molecule has 0 spiro atoms. The number of allylic oxidation sites excluding steroid dienone is 1. The van der Waals surface area contributed by atoms with Crippen molar-refractivity contribution in [3.05, 3.63) is 65.0 Å². The first-order valence-electron chi connectivity index (χ1n) is 9.86. The van der Waals surface area contributed by atoms with E-state index in [0.29, 0.717) is 34.1 Å². The average Bonchev–Trinajstić information content (AvgIpc) is 3.25. The molecule has 1 aliphatic heterocycles. The van der Waals surface area contributed by atoms with Crippen LogP contribution >= 0.6 is 0 Å². The summed E-state index contributed by atoms with van der Waals surface area (Å²) in [5.74, 6) is 0.384. The summed E-state index contributed by atoms with van der Waals surface area (Å²) in [4.78, 5) is 11.1. The molecule has 0 aliphatic carbocycles. The molecule has 10 heteroatoms. The minimum Gasteiger partial charge on any atom is -0.497 e. The van der Waals surface area contributed by atoms with Crippen molar-refractivity contribution in [3.8, 4) is 40.5 Å². The largest absolute Gasteiger partial charge is 0.497 e. The molecule has 0 radical (unpaired) electrons. The van der Waals surface area contributed by atoms with Crippen LogP contribution in [-0.2, 0) is 4.79 Å². The molecule has 5 N–H and O–H groups in total. The lowest BCUT2D eigenvalue weighted by atomic mass is 9.83. The molecular formula is C23H21N5O5. The number of carbonyl (C=O) groups is 1. The fourth-order valence-electron chi connectivity index (χ4n) is 3.71. The third kappa shape index (κ3) is 3.99. The molecule has 168 valence electrons. The molecule has 1 amide bonds. The Hall–Kier alpha value is -4.65. The molecule has 2 heterocycles. The number of nitrogens with zero attached hydrogens (tertiary/aromatic N) is 2. The number of primary amides is 1. The molecule has 0 unspecified atom stereocenters. The molecule has 1 aromatic heterocycles. The molecule has 2 aromatic carbocycles. The highest BCUT2D eigenvalue weighted by Crippen LogP contribution is 2.47. The number of benzene rings is 2. The van der Waals surface area contributed by atoms with Crippen LogP contribution in [-0.4, -0.2) is 36.9 Å². The smallest absolute Gasteiger partial charge is 0.255 e. The SMILES string of the molecule is COc1cccc(-c2[nH]nc3c2[C@@H](c2ccc(OCC(N)=O)c(OC)c2)C(C#N)=C(N)O3)c1. The molecular weight excluding hydrogens is 426 g/mol. The number of hydrogen-bond acceptors (Lipinski definition) is 8. The Morgan fingerprint density at radius 1 is 1.21 bits per heavy atom. The number of carbonyl (C=O) groups excluding carboxylic acids is 1. The molecule has 33 heavy (non-hydrogen) atoms. The summed E-state index contributed by atoms with van der Waals surface area (Å²) in [5, 5.41) is 17.2. The summed E-state index contributed by atoms with van der Waals surface area (Å²) in [6.45, 7) is -0.296. The van der Waals surface area contributed by atoms with Gasteiger partial charge >= 0.3 is 0 Å². The second-order valence-electron chi connectivity index (χ2n) is 7.14. The number of hydrogen-bond donors (Lipinski definition) is 3. The maximum atomic E-state index is 11.1. The van der Waals surface area contributed by atoms with Gasteiger partial charge < -0.3 is 30.4 Å². The number of aromatic amines is 1. The van der Waals surface area contributed by atoms with Gasteiger partial charge in [-0.15, -0.1) is 5.10 Å². The van der Waals surface area contributed by atoms with Crippen LogP contribution in [0.2, 0.25) is 0 Å². The first-order valence-corrected chi connectivity index (χ1v) is 9.86. The molecule has 0 fully saturated rings. The molecule has 10 nitrogen and oxygen atoms in total. The van der Waals surface area contributed by atoms with Gasteiger partial charge in [-0.3, -0.25) is 9.89 Å². The van der Waals surface area contributed by atoms with Crippen molar-refractivity contribution in [2.45, 2.75) is 5.92 Å². The van der Waals surface area contributed by atoms with Gasteiger partial charge in [0, 0.05) is 5.56 Å². The zero-order chi connectivity index (χ0) is 23.5. The average molecular weight is 447 g/mol. The van der Waals surface area contributed by atoms with Gasteiger partial charge in [-0.2, -0.15) is 5.26 Å². The van der Waals surface area contributed by atoms with Crippen molar-refractivity contribution >= 4 is 5.91 Å². The molecule has 0 saturated carbocycles. The first kappa shape index (κ1) is 21.6. The van der Waals surface area contributed by atoms with Crippen molar-refractivity contribution in [3.63, 3.8) is 0 Å². The number of rotatable bonds is 7. The monoisotopic (exact) mass is 447 g/mol. The zero-order valence-corrected chi connectivity index (χ0v) is 17.9. The van der Waals surface area contributed by atoms with E-state index in [1.165, 1.54) is 7.11 Å². The van der Waals surface area contributed by atoms with Gasteiger partial charge in [-0.1, -0.05) is 18.2 Å². The highest BCUT2D eigenvalue weighted by atomic mass is 16.5. The first-order chi connectivity index (χ1) is 16.0. The summed E-state index contributed by atoms with van der Waals surface area (Å²) in [5.41, 5.74) is 14.2. The molecule has 4 rings (SSSR count). The number of ether oxygens (including phenoxy) is 4. The van der Waals surface area contributed by atoms with Crippen LogP contribution < -0.4 is 30.4 Å². The van der Waals surface area contributed by atoms with Crippen molar-refractivity contribution < 1.29 is 23.7 Å². The van der Waals surface area contributed by atoms with Gasteiger partial charge in [0.05, 0.1) is 31.4 Å². The highest BCUT2D eigenvalue weighted by molar-refractivity contribution is 5.75. The third-order valence-corrected chi connectivity index (χ3v) is 5.19. The van der Waals surface area contributed by atoms with E-state index in [9.17, 15) is 10.1 Å². The van der Waals surface area contributed by atoms with Crippen LogP contribution in [0.1, 0.15) is 17.0 Å². The van der Waals surface area contributed by atoms with Gasteiger partial charge in [0.2, 0.25) is 11.8 Å². The quantitative estimate of drug-likeness (QED) is 0.497. The van der Waals surface area contributed by atoms with Crippen molar-refractivity contribution in [1.82, 2.24) is 10.2 Å². The molecule has 1 atom stereocenters. The van der Waals surface area contributed by atoms with Crippen molar-refractivity contribution in [2.75, 3.05) is 20.8 Å². The predicted octanol–water partition coefficient (Wildman–Crippen LogP) is 2.18. The van der Waals surface area contributed by atoms with Crippen LogP contribution in [0.5, 0.6) is 23.1 Å². The number of amides is 1. The number of nitrogens with two attached hydrogens (primary N) is 2. The summed E-state index contributed by atoms with van der Waals surface area (Å²) in [7, 11) is 3.05. The van der Waals surface area contributed by atoms with E-state index in [0.717, 1.165) is 5.56 Å². The molecule has 0 bridgehead atoms. The fraction of sp³-hybridized carbons (Fsp3) is 0.174. The van der Waals surface area contributed by atoms with Crippen LogP contribution in [0.4, 0.5) is 0 Å². The summed E-state index contributed by atoms with van der Waals surface area (Å²) in [6.07, 6.45) is 0. The Bertz CT molecular complexity index is 1290. The highest BCUT2D eigenvalue weighted by Gasteiger charge is 2.36. The lowest BCUT2D eigenvalue weighted by Gasteiger charge is -2.25. The van der Waals surface area contributed by atoms with E-state index in [-0.39, 0.29) is 23.9 Å². The predicted molar refractivity (Wildman–Crippen MR) is 118 cm³/mol. The Morgan fingerprint density at radius 3 is 2.73 bits per heavy atom. The number of H-pyrrole nitrogens is 1. The number of fused-ring (bicyclic) bond motifs is 1. The van der Waals surface area contributed by atoms with E-state index >= 15 is 0 Å². The van der Waals surface area contributed by atoms with Gasteiger partial charge in [-0.25, -0.2) is 0 Å². The lowest BCUT2D eigenvalue weighted by molar-refractivity contribution is -0.119. The third-order valence-electron chi connectivity index (χ3n) is 5.19. The minimum atomic E-state index is -0.612.